The van der Waals surface area contributed by atoms with Crippen LogP contribution in [0, 0.1) is 12.3 Å². The number of nitrogens with zero attached hydrogens (tertiary/aromatic N) is 2. The van der Waals surface area contributed by atoms with Crippen LogP contribution in [0.25, 0.3) is 11.0 Å². The minimum atomic E-state index is -4.17. The largest absolute Gasteiger partial charge is 0.475 e. The van der Waals surface area contributed by atoms with Crippen molar-refractivity contribution in [3.8, 4) is 0 Å². The summed E-state index contributed by atoms with van der Waals surface area (Å²) in [4.78, 5) is 27.0. The molecular formula is C31H34BrClN2O7S. The molecule has 1 amide bonds. The second kappa shape index (κ2) is 12.4. The molecule has 9 nitrogen and oxygen atoms in total. The van der Waals surface area contributed by atoms with Crippen LogP contribution in [0.2, 0.25) is 5.02 Å². The number of sulfonamides is 1. The van der Waals surface area contributed by atoms with Gasteiger partial charge in [0.15, 0.2) is 4.67 Å². The first-order valence-corrected chi connectivity index (χ1v) is 16.3. The molecular weight excluding hydrogens is 660 g/mol. The highest BCUT2D eigenvalue weighted by atomic mass is 79.9. The molecule has 43 heavy (non-hydrogen) atoms. The van der Waals surface area contributed by atoms with Gasteiger partial charge in [-0.3, -0.25) is 9.10 Å². The Kier molecular flexibility index (Phi) is 9.39. The highest BCUT2D eigenvalue weighted by molar-refractivity contribution is 9.10. The Morgan fingerprint density at radius 3 is 2.28 bits per heavy atom. The number of hydrogen-bond donors (Lipinski definition) is 1. The van der Waals surface area contributed by atoms with Crippen LogP contribution in [0.1, 0.15) is 67.6 Å². The maximum Gasteiger partial charge on any atom is 0.372 e. The van der Waals surface area contributed by atoms with E-state index in [1.165, 1.54) is 16.4 Å². The molecule has 0 spiro atoms. The molecule has 0 aliphatic rings. The number of carbonyl (C=O) groups excluding carboxylic acids is 1. The Balaban J connectivity index is 1.84. The predicted octanol–water partition coefficient (Wildman–Crippen LogP) is 7.80. The lowest BCUT2D eigenvalue weighted by Gasteiger charge is -2.32. The van der Waals surface area contributed by atoms with E-state index in [4.69, 9.17) is 20.4 Å². The van der Waals surface area contributed by atoms with Crippen molar-refractivity contribution in [3.05, 3.63) is 80.4 Å². The quantitative estimate of drug-likeness (QED) is 0.180. The molecule has 0 fully saturated rings. The lowest BCUT2D eigenvalue weighted by Crippen LogP contribution is -2.39. The molecule has 12 heteroatoms. The van der Waals surface area contributed by atoms with Crippen LogP contribution in [-0.4, -0.2) is 36.8 Å². The SMILES string of the molecule is CCc1c(S(=O)(=O)N(CC)c2ccc(Cl)cc2CN(Cc2ccc(Br)o2)C(=O)C(C)(C)C)ccc2oc(C(=O)O)c(C)c12. The summed E-state index contributed by atoms with van der Waals surface area (Å²) in [6.45, 7) is 10.9. The second-order valence-electron chi connectivity index (χ2n) is 11.2. The molecule has 4 rings (SSSR count). The molecule has 230 valence electrons. The number of aromatic carboxylic acids is 1. The monoisotopic (exact) mass is 692 g/mol. The van der Waals surface area contributed by atoms with Crippen LogP contribution in [0.4, 0.5) is 5.69 Å². The maximum atomic E-state index is 14.4. The molecule has 0 saturated heterocycles. The van der Waals surface area contributed by atoms with E-state index in [0.717, 1.165) is 0 Å². The van der Waals surface area contributed by atoms with Gasteiger partial charge in [-0.25, -0.2) is 13.2 Å². The summed E-state index contributed by atoms with van der Waals surface area (Å²) in [7, 11) is -4.17. The fourth-order valence-corrected chi connectivity index (χ4v) is 7.56. The average Bonchev–Trinajstić information content (AvgIpc) is 3.50. The fourth-order valence-electron chi connectivity index (χ4n) is 5.22. The Bertz CT molecular complexity index is 1800. The van der Waals surface area contributed by atoms with Gasteiger partial charge in [0.05, 0.1) is 17.1 Å². The molecule has 0 bridgehead atoms. The lowest BCUT2D eigenvalue weighted by atomic mass is 9.94. The van der Waals surface area contributed by atoms with Crippen molar-refractivity contribution in [3.63, 3.8) is 0 Å². The van der Waals surface area contributed by atoms with E-state index in [2.05, 4.69) is 15.9 Å². The zero-order valence-corrected chi connectivity index (χ0v) is 28.0. The number of halogens is 2. The third-order valence-corrected chi connectivity index (χ3v) is 9.77. The Hall–Kier alpha value is -3.28. The third-order valence-electron chi connectivity index (χ3n) is 7.14. The maximum absolute atomic E-state index is 14.4. The van der Waals surface area contributed by atoms with Crippen LogP contribution in [0.15, 0.2) is 60.9 Å². The molecule has 0 unspecified atom stereocenters. The first kappa shape index (κ1) is 32.6. The third kappa shape index (κ3) is 6.49. The van der Waals surface area contributed by atoms with Gasteiger partial charge in [0, 0.05) is 34.5 Å². The van der Waals surface area contributed by atoms with E-state index in [9.17, 15) is 23.1 Å². The number of furan rings is 2. The molecule has 2 heterocycles. The zero-order valence-electron chi connectivity index (χ0n) is 24.8. The summed E-state index contributed by atoms with van der Waals surface area (Å²) < 4.78 is 41.8. The number of amides is 1. The smallest absolute Gasteiger partial charge is 0.372 e. The van der Waals surface area contributed by atoms with Gasteiger partial charge in [0.2, 0.25) is 11.7 Å². The van der Waals surface area contributed by atoms with Crippen LogP contribution >= 0.6 is 27.5 Å². The van der Waals surface area contributed by atoms with Crippen molar-refractivity contribution in [1.82, 2.24) is 4.90 Å². The molecule has 0 aliphatic heterocycles. The van der Waals surface area contributed by atoms with Gasteiger partial charge in [-0.2, -0.15) is 0 Å². The van der Waals surface area contributed by atoms with E-state index in [1.54, 1.807) is 49.1 Å². The summed E-state index contributed by atoms with van der Waals surface area (Å²) in [6.07, 6.45) is 0.322. The Morgan fingerprint density at radius 2 is 1.72 bits per heavy atom. The summed E-state index contributed by atoms with van der Waals surface area (Å²) in [5, 5.41) is 10.4. The van der Waals surface area contributed by atoms with Crippen LogP contribution in [-0.2, 0) is 34.3 Å². The van der Waals surface area contributed by atoms with Gasteiger partial charge in [-0.05, 0) is 89.8 Å². The lowest BCUT2D eigenvalue weighted by molar-refractivity contribution is -0.141. The summed E-state index contributed by atoms with van der Waals surface area (Å²) in [5.41, 5.74) is 1.33. The zero-order chi connectivity index (χ0) is 31.9. The van der Waals surface area contributed by atoms with Crippen molar-refractivity contribution < 1.29 is 31.9 Å². The number of carboxylic acid groups (broad SMARTS) is 1. The number of hydrogen-bond acceptors (Lipinski definition) is 6. The summed E-state index contributed by atoms with van der Waals surface area (Å²) in [5.74, 6) is -1.04. The van der Waals surface area contributed by atoms with Crippen molar-refractivity contribution in [2.75, 3.05) is 10.8 Å². The summed E-state index contributed by atoms with van der Waals surface area (Å²) in [6, 6.07) is 11.4. The van der Waals surface area contributed by atoms with Crippen molar-refractivity contribution in [1.29, 1.82) is 0 Å². The first-order chi connectivity index (χ1) is 20.1. The molecule has 0 radical (unpaired) electrons. The highest BCUT2D eigenvalue weighted by Crippen LogP contribution is 2.37. The van der Waals surface area contributed by atoms with Crippen molar-refractivity contribution >= 4 is 66.1 Å². The normalized spacial score (nSPS) is 12.1. The number of carbonyl (C=O) groups is 2. The molecule has 2 aromatic heterocycles. The molecule has 0 saturated carbocycles. The Labute approximate surface area is 264 Å². The highest BCUT2D eigenvalue weighted by Gasteiger charge is 2.33. The predicted molar refractivity (Wildman–Crippen MR) is 169 cm³/mol. The van der Waals surface area contributed by atoms with E-state index in [-0.39, 0.29) is 36.2 Å². The number of rotatable bonds is 10. The minimum absolute atomic E-state index is 0.0501. The van der Waals surface area contributed by atoms with Gasteiger partial charge in [0.1, 0.15) is 11.3 Å². The van der Waals surface area contributed by atoms with Gasteiger partial charge >= 0.3 is 5.97 Å². The summed E-state index contributed by atoms with van der Waals surface area (Å²) >= 11 is 9.72. The van der Waals surface area contributed by atoms with E-state index >= 15 is 0 Å². The molecule has 1 N–H and O–H groups in total. The first-order valence-electron chi connectivity index (χ1n) is 13.7. The minimum Gasteiger partial charge on any atom is -0.475 e. The number of anilines is 1. The number of aryl methyl sites for hydroxylation is 2. The number of benzene rings is 2. The topological polar surface area (TPSA) is 121 Å². The number of fused-ring (bicyclic) bond motifs is 1. The van der Waals surface area contributed by atoms with Gasteiger partial charge < -0.3 is 18.8 Å². The van der Waals surface area contributed by atoms with E-state index in [0.29, 0.717) is 55.2 Å². The van der Waals surface area contributed by atoms with Crippen LogP contribution < -0.4 is 4.31 Å². The van der Waals surface area contributed by atoms with Gasteiger partial charge in [-0.1, -0.05) is 39.3 Å². The van der Waals surface area contributed by atoms with Crippen molar-refractivity contribution in [2.24, 2.45) is 5.41 Å². The van der Waals surface area contributed by atoms with Gasteiger partial charge in [-0.15, -0.1) is 0 Å². The van der Waals surface area contributed by atoms with Crippen LogP contribution in [0.3, 0.4) is 0 Å². The fraction of sp³-hybridized carbons (Fsp3) is 0.355. The van der Waals surface area contributed by atoms with Gasteiger partial charge in [0.25, 0.3) is 10.0 Å². The molecule has 2 aromatic carbocycles. The number of carboxylic acids is 1. The molecule has 0 atom stereocenters. The second-order valence-corrected chi connectivity index (χ2v) is 14.2. The van der Waals surface area contributed by atoms with Crippen LogP contribution in [0.5, 0.6) is 0 Å². The average molecular weight is 694 g/mol. The Morgan fingerprint density at radius 1 is 1.02 bits per heavy atom. The van der Waals surface area contributed by atoms with Crippen molar-refractivity contribution in [2.45, 2.75) is 65.9 Å². The van der Waals surface area contributed by atoms with E-state index in [1.807, 2.05) is 27.7 Å². The standard InChI is InChI=1S/C31H34BrClN2O7S/c1-7-22-25(13-12-24-27(22)18(3)28(42-24)29(36)37)43(39,40)35(8-2)23-11-9-20(33)15-19(23)16-34(30(38)31(4,5)6)17-21-10-14-26(32)41-21/h9-15H,7-8,16-17H2,1-6H3,(H,36,37). The molecule has 4 aromatic rings. The van der Waals surface area contributed by atoms with E-state index < -0.39 is 21.4 Å². The molecule has 0 aliphatic carbocycles.